The van der Waals surface area contributed by atoms with Gasteiger partial charge in [0.2, 0.25) is 5.91 Å². The topological polar surface area (TPSA) is 75.4 Å². The zero-order valence-corrected chi connectivity index (χ0v) is 17.0. The lowest BCUT2D eigenvalue weighted by Gasteiger charge is -2.31. The van der Waals surface area contributed by atoms with Crippen molar-refractivity contribution >= 4 is 11.9 Å². The molecule has 0 spiro atoms. The Kier molecular flexibility index (Phi) is 5.69. The Morgan fingerprint density at radius 3 is 2.55 bits per heavy atom. The van der Waals surface area contributed by atoms with Crippen molar-refractivity contribution in [1.82, 2.24) is 14.7 Å². The zero-order valence-electron chi connectivity index (χ0n) is 17.0. The number of fused-ring (bicyclic) bond motifs is 1. The highest BCUT2D eigenvalue weighted by Gasteiger charge is 2.30. The first kappa shape index (κ1) is 19.7. The maximum Gasteiger partial charge on any atom is 0.306 e. The Morgan fingerprint density at radius 2 is 1.86 bits per heavy atom. The van der Waals surface area contributed by atoms with E-state index in [1.54, 1.807) is 0 Å². The van der Waals surface area contributed by atoms with Crippen LogP contribution >= 0.6 is 0 Å². The van der Waals surface area contributed by atoms with Crippen molar-refractivity contribution < 1.29 is 14.7 Å². The number of hydrogen-bond donors (Lipinski definition) is 1. The predicted octanol–water partition coefficient (Wildman–Crippen LogP) is 3.41. The van der Waals surface area contributed by atoms with Crippen molar-refractivity contribution in [3.05, 3.63) is 52.8 Å². The minimum atomic E-state index is -0.694. The number of carbonyl (C=O) groups is 2. The first-order valence-electron chi connectivity index (χ1n) is 10.6. The maximum atomic E-state index is 12.9. The number of aryl methyl sites for hydroxylation is 1. The molecular formula is C23H29N3O3. The van der Waals surface area contributed by atoms with E-state index in [1.165, 1.54) is 11.1 Å². The van der Waals surface area contributed by atoms with Crippen LogP contribution in [0.15, 0.2) is 30.3 Å². The molecule has 0 saturated heterocycles. The standard InChI is InChI=1S/C23H29N3O3/c1-16-20-11-12-25(22(27)13-17-7-9-19(10-8-17)23(28)29)15-21(20)26(24-16)14-18-5-3-2-4-6-18/h2-6,17,19H,7-15H2,1H3,(H,28,29)/t17-,19+. The van der Waals surface area contributed by atoms with Gasteiger partial charge in [-0.05, 0) is 56.1 Å². The third-order valence-electron chi connectivity index (χ3n) is 6.53. The van der Waals surface area contributed by atoms with Crippen molar-refractivity contribution in [2.24, 2.45) is 11.8 Å². The van der Waals surface area contributed by atoms with E-state index in [-0.39, 0.29) is 11.8 Å². The van der Waals surface area contributed by atoms with Gasteiger partial charge in [-0.3, -0.25) is 14.3 Å². The van der Waals surface area contributed by atoms with Crippen molar-refractivity contribution in [2.45, 2.75) is 58.5 Å². The second-order valence-corrected chi connectivity index (χ2v) is 8.48. The second kappa shape index (κ2) is 8.39. The Balaban J connectivity index is 1.40. The van der Waals surface area contributed by atoms with Crippen LogP contribution < -0.4 is 0 Å². The van der Waals surface area contributed by atoms with E-state index in [1.807, 2.05) is 23.1 Å². The van der Waals surface area contributed by atoms with Crippen molar-refractivity contribution in [3.63, 3.8) is 0 Å². The molecule has 6 heteroatoms. The number of amides is 1. The maximum absolute atomic E-state index is 12.9. The SMILES string of the molecule is Cc1nn(Cc2ccccc2)c2c1CCN(C(=O)C[C@H]1CC[C@@H](C(=O)O)CC1)C2. The van der Waals surface area contributed by atoms with E-state index in [0.29, 0.717) is 31.7 Å². The molecule has 2 aromatic rings. The van der Waals surface area contributed by atoms with Crippen LogP contribution in [0.1, 0.15) is 54.6 Å². The van der Waals surface area contributed by atoms with Crippen LogP contribution in [0.3, 0.4) is 0 Å². The molecule has 1 saturated carbocycles. The number of carbonyl (C=O) groups excluding carboxylic acids is 1. The highest BCUT2D eigenvalue weighted by atomic mass is 16.4. The van der Waals surface area contributed by atoms with Crippen molar-refractivity contribution in [1.29, 1.82) is 0 Å². The average Bonchev–Trinajstić information content (AvgIpc) is 3.04. The summed E-state index contributed by atoms with van der Waals surface area (Å²) in [5, 5.41) is 13.9. The van der Waals surface area contributed by atoms with Gasteiger partial charge in [0.15, 0.2) is 0 Å². The highest BCUT2D eigenvalue weighted by molar-refractivity contribution is 5.77. The normalized spacial score (nSPS) is 21.6. The summed E-state index contributed by atoms with van der Waals surface area (Å²) in [5.41, 5.74) is 4.71. The summed E-state index contributed by atoms with van der Waals surface area (Å²) >= 11 is 0. The molecule has 1 aliphatic carbocycles. The van der Waals surface area contributed by atoms with Gasteiger partial charge in [-0.25, -0.2) is 0 Å². The fraction of sp³-hybridized carbons (Fsp3) is 0.522. The number of nitrogens with zero attached hydrogens (tertiary/aromatic N) is 3. The molecule has 0 atom stereocenters. The van der Waals surface area contributed by atoms with E-state index in [4.69, 9.17) is 10.2 Å². The fourth-order valence-corrected chi connectivity index (χ4v) is 4.76. The fourth-order valence-electron chi connectivity index (χ4n) is 4.76. The van der Waals surface area contributed by atoms with Crippen LogP contribution in [0.4, 0.5) is 0 Å². The molecule has 1 fully saturated rings. The molecule has 29 heavy (non-hydrogen) atoms. The highest BCUT2D eigenvalue weighted by Crippen LogP contribution is 2.32. The van der Waals surface area contributed by atoms with Crippen LogP contribution in [-0.4, -0.2) is 38.2 Å². The number of aliphatic carboxylic acids is 1. The lowest BCUT2D eigenvalue weighted by Crippen LogP contribution is -2.38. The van der Waals surface area contributed by atoms with Crippen molar-refractivity contribution in [2.75, 3.05) is 6.54 Å². The van der Waals surface area contributed by atoms with Gasteiger partial charge >= 0.3 is 5.97 Å². The predicted molar refractivity (Wildman–Crippen MR) is 109 cm³/mol. The Labute approximate surface area is 171 Å². The molecule has 4 rings (SSSR count). The number of benzene rings is 1. The Hall–Kier alpha value is -2.63. The molecule has 1 amide bonds. The summed E-state index contributed by atoms with van der Waals surface area (Å²) in [6.45, 7) is 4.14. The number of carboxylic acids is 1. The minimum absolute atomic E-state index is 0.194. The van der Waals surface area contributed by atoms with E-state index < -0.39 is 5.97 Å². The van der Waals surface area contributed by atoms with Gasteiger partial charge in [-0.1, -0.05) is 30.3 Å². The van der Waals surface area contributed by atoms with Gasteiger partial charge in [0.25, 0.3) is 0 Å². The van der Waals surface area contributed by atoms with Gasteiger partial charge in [0.05, 0.1) is 30.4 Å². The van der Waals surface area contributed by atoms with Crippen LogP contribution in [0, 0.1) is 18.8 Å². The van der Waals surface area contributed by atoms with E-state index in [0.717, 1.165) is 43.7 Å². The molecule has 1 N–H and O–H groups in total. The smallest absolute Gasteiger partial charge is 0.306 e. The number of carboxylic acid groups (broad SMARTS) is 1. The molecule has 2 heterocycles. The largest absolute Gasteiger partial charge is 0.481 e. The molecule has 2 aliphatic rings. The van der Waals surface area contributed by atoms with Gasteiger partial charge in [-0.2, -0.15) is 5.10 Å². The zero-order chi connectivity index (χ0) is 20.4. The van der Waals surface area contributed by atoms with Crippen LogP contribution in [0.5, 0.6) is 0 Å². The molecule has 0 bridgehead atoms. The molecule has 6 nitrogen and oxygen atoms in total. The molecule has 0 radical (unpaired) electrons. The third-order valence-corrected chi connectivity index (χ3v) is 6.53. The first-order valence-corrected chi connectivity index (χ1v) is 10.6. The number of hydrogen-bond acceptors (Lipinski definition) is 3. The molecule has 1 aromatic heterocycles. The van der Waals surface area contributed by atoms with Crippen LogP contribution in [0.2, 0.25) is 0 Å². The lowest BCUT2D eigenvalue weighted by atomic mass is 9.80. The van der Waals surface area contributed by atoms with Crippen LogP contribution in [-0.2, 0) is 29.1 Å². The van der Waals surface area contributed by atoms with E-state index in [2.05, 4.69) is 23.7 Å². The van der Waals surface area contributed by atoms with Crippen molar-refractivity contribution in [3.8, 4) is 0 Å². The lowest BCUT2D eigenvalue weighted by molar-refractivity contribution is -0.143. The quantitative estimate of drug-likeness (QED) is 0.842. The van der Waals surface area contributed by atoms with E-state index in [9.17, 15) is 9.59 Å². The van der Waals surface area contributed by atoms with Gasteiger partial charge in [0, 0.05) is 13.0 Å². The van der Waals surface area contributed by atoms with Gasteiger partial charge in [-0.15, -0.1) is 0 Å². The third kappa shape index (κ3) is 4.36. The summed E-state index contributed by atoms with van der Waals surface area (Å²) < 4.78 is 2.05. The number of rotatable bonds is 5. The molecule has 1 aromatic carbocycles. The van der Waals surface area contributed by atoms with E-state index >= 15 is 0 Å². The monoisotopic (exact) mass is 395 g/mol. The molecule has 0 unspecified atom stereocenters. The molecular weight excluding hydrogens is 366 g/mol. The summed E-state index contributed by atoms with van der Waals surface area (Å²) in [6, 6.07) is 10.3. The summed E-state index contributed by atoms with van der Waals surface area (Å²) in [4.78, 5) is 26.0. The summed E-state index contributed by atoms with van der Waals surface area (Å²) in [6.07, 6.45) is 4.46. The van der Waals surface area contributed by atoms with Crippen LogP contribution in [0.25, 0.3) is 0 Å². The Bertz CT molecular complexity index is 882. The first-order chi connectivity index (χ1) is 14.0. The van der Waals surface area contributed by atoms with Gasteiger partial charge < -0.3 is 10.0 Å². The molecule has 1 aliphatic heterocycles. The minimum Gasteiger partial charge on any atom is -0.481 e. The summed E-state index contributed by atoms with van der Waals surface area (Å²) in [7, 11) is 0. The molecule has 154 valence electrons. The average molecular weight is 396 g/mol. The second-order valence-electron chi connectivity index (χ2n) is 8.48. The number of aromatic nitrogens is 2. The summed E-state index contributed by atoms with van der Waals surface area (Å²) in [5.74, 6) is -0.412. The Morgan fingerprint density at radius 1 is 1.14 bits per heavy atom. The van der Waals surface area contributed by atoms with Gasteiger partial charge in [0.1, 0.15) is 0 Å².